The van der Waals surface area contributed by atoms with Gasteiger partial charge in [-0.25, -0.2) is 0 Å². The molecule has 0 spiro atoms. The van der Waals surface area contributed by atoms with E-state index in [-0.39, 0.29) is 0 Å². The zero-order valence-corrected chi connectivity index (χ0v) is 10.7. The fraction of sp³-hybridized carbons (Fsp3) is 0.312. The van der Waals surface area contributed by atoms with E-state index in [1.54, 1.807) is 0 Å². The average Bonchev–Trinajstić information content (AvgIpc) is 2.43. The Morgan fingerprint density at radius 1 is 1.17 bits per heavy atom. The minimum Gasteiger partial charge on any atom is -0.315 e. The Hall–Kier alpha value is -1.85. The summed E-state index contributed by atoms with van der Waals surface area (Å²) in [6, 6.07) is 10.4. The SMILES string of the molecule is CC#CCCNCCc1cccc2cccnc12. The van der Waals surface area contributed by atoms with Crippen LogP contribution in [0.3, 0.4) is 0 Å². The molecule has 18 heavy (non-hydrogen) atoms. The number of pyridine rings is 1. The number of aromatic nitrogens is 1. The second-order valence-electron chi connectivity index (χ2n) is 4.17. The molecule has 0 fully saturated rings. The van der Waals surface area contributed by atoms with E-state index in [2.05, 4.69) is 46.4 Å². The molecule has 0 saturated heterocycles. The fourth-order valence-electron chi connectivity index (χ4n) is 1.99. The van der Waals surface area contributed by atoms with Gasteiger partial charge in [0, 0.05) is 24.5 Å². The van der Waals surface area contributed by atoms with Gasteiger partial charge in [0.25, 0.3) is 0 Å². The summed E-state index contributed by atoms with van der Waals surface area (Å²) in [6.07, 6.45) is 3.79. The second-order valence-corrected chi connectivity index (χ2v) is 4.17. The Bertz CT molecular complexity index is 559. The number of nitrogens with one attached hydrogen (secondary N) is 1. The van der Waals surface area contributed by atoms with Crippen molar-refractivity contribution in [2.24, 2.45) is 0 Å². The first kappa shape index (κ1) is 12.6. The maximum atomic E-state index is 4.46. The van der Waals surface area contributed by atoms with Gasteiger partial charge in [0.1, 0.15) is 0 Å². The Morgan fingerprint density at radius 3 is 2.94 bits per heavy atom. The van der Waals surface area contributed by atoms with E-state index in [1.807, 2.05) is 19.2 Å². The summed E-state index contributed by atoms with van der Waals surface area (Å²) in [7, 11) is 0. The standard InChI is InChI=1S/C16H18N2/c1-2-3-4-11-17-13-10-15-8-5-7-14-9-6-12-18-16(14)15/h5-9,12,17H,4,10-11,13H2,1H3. The molecule has 0 aliphatic heterocycles. The largest absolute Gasteiger partial charge is 0.315 e. The molecular weight excluding hydrogens is 220 g/mol. The Morgan fingerprint density at radius 2 is 2.06 bits per heavy atom. The lowest BCUT2D eigenvalue weighted by Crippen LogP contribution is -2.18. The smallest absolute Gasteiger partial charge is 0.0734 e. The highest BCUT2D eigenvalue weighted by Crippen LogP contribution is 2.15. The van der Waals surface area contributed by atoms with Crippen molar-refractivity contribution in [3.8, 4) is 11.8 Å². The van der Waals surface area contributed by atoms with Crippen LogP contribution in [-0.2, 0) is 6.42 Å². The van der Waals surface area contributed by atoms with Gasteiger partial charge in [-0.05, 0) is 31.5 Å². The molecule has 1 heterocycles. The third kappa shape index (κ3) is 3.32. The monoisotopic (exact) mass is 238 g/mol. The first-order valence-corrected chi connectivity index (χ1v) is 6.35. The topological polar surface area (TPSA) is 24.9 Å². The average molecular weight is 238 g/mol. The molecule has 0 amide bonds. The van der Waals surface area contributed by atoms with Gasteiger partial charge in [0.15, 0.2) is 0 Å². The van der Waals surface area contributed by atoms with Crippen LogP contribution in [0.15, 0.2) is 36.5 Å². The molecule has 2 aromatic rings. The third-order valence-electron chi connectivity index (χ3n) is 2.89. The number of para-hydroxylation sites is 1. The van der Waals surface area contributed by atoms with Crippen LogP contribution in [0.4, 0.5) is 0 Å². The highest BCUT2D eigenvalue weighted by molar-refractivity contribution is 5.81. The first-order chi connectivity index (χ1) is 8.92. The van der Waals surface area contributed by atoms with E-state index in [9.17, 15) is 0 Å². The number of benzene rings is 1. The molecule has 2 heteroatoms. The van der Waals surface area contributed by atoms with Gasteiger partial charge in [-0.2, -0.15) is 0 Å². The van der Waals surface area contributed by atoms with E-state index < -0.39 is 0 Å². The van der Waals surface area contributed by atoms with Crippen molar-refractivity contribution >= 4 is 10.9 Å². The summed E-state index contributed by atoms with van der Waals surface area (Å²) >= 11 is 0. The van der Waals surface area contributed by atoms with Crippen molar-refractivity contribution < 1.29 is 0 Å². The highest BCUT2D eigenvalue weighted by atomic mass is 14.8. The summed E-state index contributed by atoms with van der Waals surface area (Å²) in [5.74, 6) is 5.95. The van der Waals surface area contributed by atoms with Gasteiger partial charge >= 0.3 is 0 Å². The third-order valence-corrected chi connectivity index (χ3v) is 2.89. The van der Waals surface area contributed by atoms with Gasteiger partial charge in [0.05, 0.1) is 5.52 Å². The lowest BCUT2D eigenvalue weighted by Gasteiger charge is -2.06. The molecule has 0 atom stereocenters. The quantitative estimate of drug-likeness (QED) is 0.640. The van der Waals surface area contributed by atoms with Crippen molar-refractivity contribution in [2.75, 3.05) is 13.1 Å². The van der Waals surface area contributed by atoms with Crippen LogP contribution in [0, 0.1) is 11.8 Å². The molecule has 0 aliphatic carbocycles. The summed E-state index contributed by atoms with van der Waals surface area (Å²) in [5.41, 5.74) is 2.43. The summed E-state index contributed by atoms with van der Waals surface area (Å²) in [5, 5.41) is 4.62. The number of rotatable bonds is 5. The number of fused-ring (bicyclic) bond motifs is 1. The van der Waals surface area contributed by atoms with E-state index in [0.717, 1.165) is 31.4 Å². The molecule has 1 aromatic heterocycles. The van der Waals surface area contributed by atoms with Crippen molar-refractivity contribution in [2.45, 2.75) is 19.8 Å². The molecule has 0 saturated carbocycles. The van der Waals surface area contributed by atoms with E-state index in [0.29, 0.717) is 0 Å². The van der Waals surface area contributed by atoms with Gasteiger partial charge in [0.2, 0.25) is 0 Å². The van der Waals surface area contributed by atoms with Gasteiger partial charge in [-0.15, -0.1) is 11.8 Å². The Balaban J connectivity index is 1.93. The Labute approximate surface area is 108 Å². The van der Waals surface area contributed by atoms with E-state index >= 15 is 0 Å². The summed E-state index contributed by atoms with van der Waals surface area (Å²) < 4.78 is 0. The van der Waals surface area contributed by atoms with Crippen molar-refractivity contribution in [3.63, 3.8) is 0 Å². The summed E-state index contributed by atoms with van der Waals surface area (Å²) in [4.78, 5) is 4.46. The molecule has 0 bridgehead atoms. The van der Waals surface area contributed by atoms with Gasteiger partial charge in [-0.3, -0.25) is 4.98 Å². The maximum Gasteiger partial charge on any atom is 0.0734 e. The van der Waals surface area contributed by atoms with Crippen LogP contribution < -0.4 is 5.32 Å². The number of hydrogen-bond acceptors (Lipinski definition) is 2. The van der Waals surface area contributed by atoms with Crippen molar-refractivity contribution in [3.05, 3.63) is 42.1 Å². The lowest BCUT2D eigenvalue weighted by atomic mass is 10.1. The van der Waals surface area contributed by atoms with Crippen molar-refractivity contribution in [1.29, 1.82) is 0 Å². The lowest BCUT2D eigenvalue weighted by molar-refractivity contribution is 0.695. The van der Waals surface area contributed by atoms with Crippen LogP contribution in [0.2, 0.25) is 0 Å². The predicted molar refractivity (Wildman–Crippen MR) is 76.4 cm³/mol. The molecule has 1 aromatic carbocycles. The molecule has 92 valence electrons. The van der Waals surface area contributed by atoms with Crippen LogP contribution >= 0.6 is 0 Å². The zero-order valence-electron chi connectivity index (χ0n) is 10.7. The van der Waals surface area contributed by atoms with E-state index in [4.69, 9.17) is 0 Å². The molecule has 1 N–H and O–H groups in total. The van der Waals surface area contributed by atoms with Gasteiger partial charge < -0.3 is 5.32 Å². The maximum absolute atomic E-state index is 4.46. The van der Waals surface area contributed by atoms with Crippen LogP contribution in [-0.4, -0.2) is 18.1 Å². The Kier molecular flexibility index (Phi) is 4.75. The zero-order chi connectivity index (χ0) is 12.6. The molecular formula is C16H18N2. The minimum absolute atomic E-state index is 0.921. The molecule has 0 radical (unpaired) electrons. The van der Waals surface area contributed by atoms with Crippen LogP contribution in [0.1, 0.15) is 18.9 Å². The number of hydrogen-bond donors (Lipinski definition) is 1. The predicted octanol–water partition coefficient (Wildman–Crippen LogP) is 2.78. The highest BCUT2D eigenvalue weighted by Gasteiger charge is 2.00. The summed E-state index contributed by atoms with van der Waals surface area (Å²) in [6.45, 7) is 3.81. The van der Waals surface area contributed by atoms with E-state index in [1.165, 1.54) is 10.9 Å². The molecule has 0 aliphatic rings. The van der Waals surface area contributed by atoms with Crippen molar-refractivity contribution in [1.82, 2.24) is 10.3 Å². The molecule has 0 unspecified atom stereocenters. The molecule has 2 nitrogen and oxygen atoms in total. The molecule has 2 rings (SSSR count). The first-order valence-electron chi connectivity index (χ1n) is 6.35. The second kappa shape index (κ2) is 6.78. The van der Waals surface area contributed by atoms with Crippen LogP contribution in [0.25, 0.3) is 10.9 Å². The van der Waals surface area contributed by atoms with Crippen LogP contribution in [0.5, 0.6) is 0 Å². The number of nitrogens with zero attached hydrogens (tertiary/aromatic N) is 1. The normalized spacial score (nSPS) is 10.1. The minimum atomic E-state index is 0.921. The van der Waals surface area contributed by atoms with Gasteiger partial charge in [-0.1, -0.05) is 24.3 Å². The fourth-order valence-corrected chi connectivity index (χ4v) is 1.99.